The van der Waals surface area contributed by atoms with Gasteiger partial charge in [0.05, 0.1) is 13.2 Å². The third-order valence-electron chi connectivity index (χ3n) is 4.70. The summed E-state index contributed by atoms with van der Waals surface area (Å²) in [6.45, 7) is 2.06. The molecule has 1 fully saturated rings. The van der Waals surface area contributed by atoms with E-state index in [2.05, 4.69) is 17.0 Å². The summed E-state index contributed by atoms with van der Waals surface area (Å²) < 4.78 is 33.2. The maximum atomic E-state index is 12.8. The van der Waals surface area contributed by atoms with E-state index in [0.717, 1.165) is 31.2 Å². The third-order valence-corrected chi connectivity index (χ3v) is 6.24. The number of carbonyl (C=O) groups excluding carboxylic acids is 1. The zero-order valence-electron chi connectivity index (χ0n) is 16.1. The quantitative estimate of drug-likeness (QED) is 0.673. The highest BCUT2D eigenvalue weighted by Gasteiger charge is 2.30. The van der Waals surface area contributed by atoms with Crippen molar-refractivity contribution in [1.29, 1.82) is 0 Å². The van der Waals surface area contributed by atoms with Gasteiger partial charge in [-0.1, -0.05) is 43.7 Å². The van der Waals surface area contributed by atoms with Crippen LogP contribution in [0.2, 0.25) is 0 Å². The fourth-order valence-corrected chi connectivity index (χ4v) is 4.55. The van der Waals surface area contributed by atoms with Crippen molar-refractivity contribution in [3.05, 3.63) is 59.7 Å². The van der Waals surface area contributed by atoms with Crippen LogP contribution in [-0.4, -0.2) is 27.5 Å². The second-order valence-corrected chi connectivity index (χ2v) is 8.67. The molecule has 3 rings (SSSR count). The van der Waals surface area contributed by atoms with Gasteiger partial charge in [0, 0.05) is 11.6 Å². The van der Waals surface area contributed by atoms with Crippen LogP contribution in [0.3, 0.4) is 0 Å². The molecule has 0 heterocycles. The summed E-state index contributed by atoms with van der Waals surface area (Å²) in [4.78, 5) is 12.8. The topological polar surface area (TPSA) is 84.5 Å². The molecule has 0 aliphatic heterocycles. The highest BCUT2D eigenvalue weighted by molar-refractivity contribution is 7.89. The highest BCUT2D eigenvalue weighted by atomic mass is 32.2. The van der Waals surface area contributed by atoms with Gasteiger partial charge in [0.15, 0.2) is 0 Å². The summed E-state index contributed by atoms with van der Waals surface area (Å²) in [5.74, 6) is -0.0919. The van der Waals surface area contributed by atoms with E-state index in [1.54, 1.807) is 6.07 Å². The van der Waals surface area contributed by atoms with E-state index in [-0.39, 0.29) is 34.2 Å². The average Bonchev–Trinajstić information content (AvgIpc) is 3.51. The summed E-state index contributed by atoms with van der Waals surface area (Å²) >= 11 is 0. The van der Waals surface area contributed by atoms with Gasteiger partial charge in [0.2, 0.25) is 10.0 Å². The molecule has 28 heavy (non-hydrogen) atoms. The summed E-state index contributed by atoms with van der Waals surface area (Å²) in [5.41, 5.74) is 1.31. The van der Waals surface area contributed by atoms with Crippen LogP contribution in [0.5, 0.6) is 5.75 Å². The van der Waals surface area contributed by atoms with E-state index in [1.165, 1.54) is 19.2 Å². The molecule has 6 nitrogen and oxygen atoms in total. The minimum Gasteiger partial charge on any atom is -0.495 e. The molecule has 0 spiro atoms. The van der Waals surface area contributed by atoms with Gasteiger partial charge >= 0.3 is 0 Å². The minimum atomic E-state index is -3.74. The molecule has 1 saturated carbocycles. The summed E-state index contributed by atoms with van der Waals surface area (Å²) in [5, 5.41) is 3.02. The second-order valence-electron chi connectivity index (χ2n) is 6.99. The Hall–Kier alpha value is -2.38. The number of hydrogen-bond acceptors (Lipinski definition) is 4. The molecule has 2 N–H and O–H groups in total. The molecule has 150 valence electrons. The van der Waals surface area contributed by atoms with Crippen molar-refractivity contribution < 1.29 is 17.9 Å². The molecule has 7 heteroatoms. The molecule has 1 unspecified atom stereocenters. The Kier molecular flexibility index (Phi) is 6.36. The summed E-state index contributed by atoms with van der Waals surface area (Å²) in [6, 6.07) is 14.1. The standard InChI is InChI=1S/C21H26N2O4S/c1-3-7-18(15-8-5-4-6-9-15)22-21(24)16-10-13-19(27-2)20(14-16)28(25,26)23-17-11-12-17/h4-6,8-10,13-14,17-18,23H,3,7,11-12H2,1-2H3,(H,22,24). The van der Waals surface area contributed by atoms with E-state index in [4.69, 9.17) is 4.74 Å². The lowest BCUT2D eigenvalue weighted by Crippen LogP contribution is -2.29. The Bertz CT molecular complexity index is 925. The van der Waals surface area contributed by atoms with Crippen molar-refractivity contribution in [1.82, 2.24) is 10.0 Å². The van der Waals surface area contributed by atoms with Crippen LogP contribution >= 0.6 is 0 Å². The van der Waals surface area contributed by atoms with Crippen LogP contribution in [0.1, 0.15) is 54.6 Å². The molecular weight excluding hydrogens is 376 g/mol. The van der Waals surface area contributed by atoms with E-state index < -0.39 is 10.0 Å². The molecule has 1 amide bonds. The first-order valence-electron chi connectivity index (χ1n) is 9.50. The SMILES string of the molecule is CCCC(NC(=O)c1ccc(OC)c(S(=O)(=O)NC2CC2)c1)c1ccccc1. The molecule has 1 aliphatic carbocycles. The number of sulfonamides is 1. The predicted octanol–water partition coefficient (Wildman–Crippen LogP) is 3.41. The summed E-state index contributed by atoms with van der Waals surface area (Å²) in [7, 11) is -2.33. The molecule has 1 atom stereocenters. The molecule has 0 radical (unpaired) electrons. The first-order valence-corrected chi connectivity index (χ1v) is 11.0. The minimum absolute atomic E-state index is 0.0127. The first kappa shape index (κ1) is 20.4. The van der Waals surface area contributed by atoms with Gasteiger partial charge in [0.1, 0.15) is 10.6 Å². The molecule has 0 saturated heterocycles. The van der Waals surface area contributed by atoms with Crippen LogP contribution in [-0.2, 0) is 10.0 Å². The number of nitrogens with one attached hydrogen (secondary N) is 2. The van der Waals surface area contributed by atoms with Gasteiger partial charge in [-0.3, -0.25) is 4.79 Å². The number of rotatable bonds is 9. The Balaban J connectivity index is 1.85. The van der Waals surface area contributed by atoms with Crippen LogP contribution in [0.4, 0.5) is 0 Å². The van der Waals surface area contributed by atoms with Crippen LogP contribution in [0.15, 0.2) is 53.4 Å². The lowest BCUT2D eigenvalue weighted by atomic mass is 10.0. The third kappa shape index (κ3) is 4.91. The lowest BCUT2D eigenvalue weighted by Gasteiger charge is -2.19. The molecule has 2 aromatic rings. The van der Waals surface area contributed by atoms with Gasteiger partial charge in [-0.2, -0.15) is 0 Å². The fourth-order valence-electron chi connectivity index (χ4n) is 3.05. The van der Waals surface area contributed by atoms with Crippen molar-refractivity contribution in [3.63, 3.8) is 0 Å². The normalized spacial score (nSPS) is 15.1. The van der Waals surface area contributed by atoms with Crippen molar-refractivity contribution in [2.24, 2.45) is 0 Å². The van der Waals surface area contributed by atoms with Gasteiger partial charge in [-0.15, -0.1) is 0 Å². The Morgan fingerprint density at radius 3 is 2.50 bits per heavy atom. The summed E-state index contributed by atoms with van der Waals surface area (Å²) in [6.07, 6.45) is 3.36. The Morgan fingerprint density at radius 1 is 1.18 bits per heavy atom. The zero-order chi connectivity index (χ0) is 20.1. The largest absolute Gasteiger partial charge is 0.495 e. The second kappa shape index (κ2) is 8.75. The Morgan fingerprint density at radius 2 is 1.89 bits per heavy atom. The maximum Gasteiger partial charge on any atom is 0.251 e. The lowest BCUT2D eigenvalue weighted by molar-refractivity contribution is 0.0934. The van der Waals surface area contributed by atoms with E-state index in [1.807, 2.05) is 30.3 Å². The first-order chi connectivity index (χ1) is 13.4. The van der Waals surface area contributed by atoms with Crippen LogP contribution in [0.25, 0.3) is 0 Å². The highest BCUT2D eigenvalue weighted by Crippen LogP contribution is 2.28. The number of hydrogen-bond donors (Lipinski definition) is 2. The van der Waals surface area contributed by atoms with Crippen molar-refractivity contribution in [2.75, 3.05) is 7.11 Å². The average molecular weight is 403 g/mol. The molecule has 0 aromatic heterocycles. The molecular formula is C21H26N2O4S. The molecule has 0 bridgehead atoms. The fraction of sp³-hybridized carbons (Fsp3) is 0.381. The zero-order valence-corrected chi connectivity index (χ0v) is 17.0. The van der Waals surface area contributed by atoms with Gasteiger partial charge < -0.3 is 10.1 Å². The van der Waals surface area contributed by atoms with Gasteiger partial charge in [-0.05, 0) is 43.0 Å². The van der Waals surface area contributed by atoms with E-state index in [9.17, 15) is 13.2 Å². The van der Waals surface area contributed by atoms with Crippen LogP contribution in [0, 0.1) is 0 Å². The Labute approximate surface area is 166 Å². The smallest absolute Gasteiger partial charge is 0.251 e. The van der Waals surface area contributed by atoms with Crippen molar-refractivity contribution in [2.45, 2.75) is 49.6 Å². The van der Waals surface area contributed by atoms with Crippen molar-refractivity contribution in [3.8, 4) is 5.75 Å². The molecule has 1 aliphatic rings. The molecule has 2 aromatic carbocycles. The predicted molar refractivity (Wildman–Crippen MR) is 108 cm³/mol. The monoisotopic (exact) mass is 402 g/mol. The number of ether oxygens (including phenoxy) is 1. The van der Waals surface area contributed by atoms with E-state index in [0.29, 0.717) is 0 Å². The number of benzene rings is 2. The van der Waals surface area contributed by atoms with Gasteiger partial charge in [-0.25, -0.2) is 13.1 Å². The number of carbonyl (C=O) groups is 1. The van der Waals surface area contributed by atoms with E-state index >= 15 is 0 Å². The van der Waals surface area contributed by atoms with Crippen LogP contribution < -0.4 is 14.8 Å². The number of methoxy groups -OCH3 is 1. The maximum absolute atomic E-state index is 12.8. The van der Waals surface area contributed by atoms with Crippen molar-refractivity contribution >= 4 is 15.9 Å². The number of amides is 1. The van der Waals surface area contributed by atoms with Gasteiger partial charge in [0.25, 0.3) is 5.91 Å².